The number of pyridine rings is 1. The van der Waals surface area contributed by atoms with Crippen LogP contribution in [0.4, 0.5) is 5.69 Å². The predicted molar refractivity (Wildman–Crippen MR) is 139 cm³/mol. The topological polar surface area (TPSA) is 33.1 Å². The molecule has 1 aliphatic heterocycles. The molecular weight excluding hydrogens is 424 g/mol. The van der Waals surface area contributed by atoms with Crippen LogP contribution < -0.4 is 10.2 Å². The summed E-state index contributed by atoms with van der Waals surface area (Å²) in [7, 11) is 0. The van der Waals surface area contributed by atoms with Gasteiger partial charge in [-0.25, -0.2) is 0 Å². The van der Waals surface area contributed by atoms with Gasteiger partial charge >= 0.3 is 0 Å². The quantitative estimate of drug-likeness (QED) is 0.369. The highest BCUT2D eigenvalue weighted by Gasteiger charge is 2.42. The number of aryl methyl sites for hydroxylation is 3. The van der Waals surface area contributed by atoms with Gasteiger partial charge in [-0.3, -0.25) is 4.98 Å². The number of anilines is 1. The molecule has 5 heteroatoms. The van der Waals surface area contributed by atoms with Gasteiger partial charge in [0.2, 0.25) is 0 Å². The van der Waals surface area contributed by atoms with Gasteiger partial charge in [0.05, 0.1) is 17.8 Å². The van der Waals surface area contributed by atoms with Crippen molar-refractivity contribution < 1.29 is 0 Å². The van der Waals surface area contributed by atoms with Gasteiger partial charge in [0.1, 0.15) is 0 Å². The van der Waals surface area contributed by atoms with Crippen LogP contribution >= 0.6 is 12.2 Å². The standard InChI is InChI=1S/C28H28N4S/c1-18-12-14-22(15-13-18)32-27(26(30-28(32)33)24-10-7-8-16-29-24)23-17-20(3)31(21(23)4)25-11-6-5-9-19(25)2/h5-17,26-27H,1-4H3,(H,30,33)/t26-,27+/m0/s1. The Morgan fingerprint density at radius 2 is 1.61 bits per heavy atom. The molecule has 5 rings (SSSR count). The minimum absolute atomic E-state index is 0.0147. The predicted octanol–water partition coefficient (Wildman–Crippen LogP) is 6.28. The van der Waals surface area contributed by atoms with Crippen LogP contribution in [0.5, 0.6) is 0 Å². The number of para-hydroxylation sites is 1. The third-order valence-corrected chi connectivity index (χ3v) is 6.87. The fourth-order valence-electron chi connectivity index (χ4n) is 4.93. The van der Waals surface area contributed by atoms with Gasteiger partial charge in [-0.1, -0.05) is 42.0 Å². The second kappa shape index (κ2) is 8.49. The van der Waals surface area contributed by atoms with Crippen LogP contribution in [0.3, 0.4) is 0 Å². The normalized spacial score (nSPS) is 17.9. The molecule has 4 nitrogen and oxygen atoms in total. The summed E-state index contributed by atoms with van der Waals surface area (Å²) in [6, 6.07) is 25.4. The molecule has 1 fully saturated rings. The van der Waals surface area contributed by atoms with Crippen LogP contribution in [0.2, 0.25) is 0 Å². The van der Waals surface area contributed by atoms with Crippen molar-refractivity contribution in [3.8, 4) is 5.69 Å². The largest absolute Gasteiger partial charge is 0.351 e. The van der Waals surface area contributed by atoms with Crippen LogP contribution in [0.25, 0.3) is 5.69 Å². The van der Waals surface area contributed by atoms with Crippen molar-refractivity contribution in [1.82, 2.24) is 14.9 Å². The first kappa shape index (κ1) is 21.4. The number of hydrogen-bond donors (Lipinski definition) is 1. The fourth-order valence-corrected chi connectivity index (χ4v) is 5.27. The van der Waals surface area contributed by atoms with Crippen LogP contribution in [0.15, 0.2) is 79.0 Å². The zero-order valence-corrected chi connectivity index (χ0v) is 20.2. The van der Waals surface area contributed by atoms with Gasteiger partial charge in [0.25, 0.3) is 0 Å². The Labute approximate surface area is 200 Å². The zero-order chi connectivity index (χ0) is 23.1. The maximum Gasteiger partial charge on any atom is 0.174 e. The SMILES string of the molecule is Cc1ccc(N2C(=S)N[C@@H](c3ccccn3)[C@H]2c2cc(C)n(-c3ccccc3C)c2C)cc1. The Balaban J connectivity index is 1.69. The first-order valence-electron chi connectivity index (χ1n) is 11.3. The third kappa shape index (κ3) is 3.72. The molecule has 1 aliphatic rings. The summed E-state index contributed by atoms with van der Waals surface area (Å²) in [6.07, 6.45) is 1.85. The molecule has 0 spiro atoms. The van der Waals surface area contributed by atoms with Crippen molar-refractivity contribution in [2.75, 3.05) is 4.90 Å². The Bertz CT molecular complexity index is 1310. The van der Waals surface area contributed by atoms with Crippen LogP contribution in [0, 0.1) is 27.7 Å². The van der Waals surface area contributed by atoms with E-state index in [1.165, 1.54) is 33.8 Å². The summed E-state index contributed by atoms with van der Waals surface area (Å²) in [5, 5.41) is 4.30. The van der Waals surface area contributed by atoms with Gasteiger partial charge in [0.15, 0.2) is 5.11 Å². The molecule has 33 heavy (non-hydrogen) atoms. The highest BCUT2D eigenvalue weighted by molar-refractivity contribution is 7.80. The van der Waals surface area contributed by atoms with E-state index in [1.54, 1.807) is 0 Å². The summed E-state index contributed by atoms with van der Waals surface area (Å²) in [6.45, 7) is 8.65. The Morgan fingerprint density at radius 1 is 0.879 bits per heavy atom. The van der Waals surface area contributed by atoms with Crippen LogP contribution in [0.1, 0.15) is 45.9 Å². The summed E-state index contributed by atoms with van der Waals surface area (Å²) in [5.74, 6) is 0. The lowest BCUT2D eigenvalue weighted by Crippen LogP contribution is -2.29. The maximum absolute atomic E-state index is 5.89. The van der Waals surface area contributed by atoms with Crippen molar-refractivity contribution in [2.45, 2.75) is 39.8 Å². The van der Waals surface area contributed by atoms with Gasteiger partial charge < -0.3 is 14.8 Å². The Hall–Kier alpha value is -3.44. The monoisotopic (exact) mass is 452 g/mol. The lowest BCUT2D eigenvalue weighted by atomic mass is 9.96. The maximum atomic E-state index is 5.89. The van der Waals surface area contributed by atoms with E-state index in [-0.39, 0.29) is 12.1 Å². The van der Waals surface area contributed by atoms with Gasteiger partial charge in [0, 0.05) is 29.0 Å². The number of hydrogen-bond acceptors (Lipinski definition) is 2. The van der Waals surface area contributed by atoms with E-state index in [0.717, 1.165) is 16.5 Å². The van der Waals surface area contributed by atoms with E-state index < -0.39 is 0 Å². The molecule has 2 atom stereocenters. The number of rotatable bonds is 4. The highest BCUT2D eigenvalue weighted by Crippen LogP contribution is 2.43. The number of nitrogens with one attached hydrogen (secondary N) is 1. The molecule has 2 aromatic heterocycles. The molecule has 0 bridgehead atoms. The van der Waals surface area contributed by atoms with Gasteiger partial charge in [-0.15, -0.1) is 0 Å². The van der Waals surface area contributed by atoms with Crippen molar-refractivity contribution >= 4 is 23.0 Å². The molecule has 1 saturated heterocycles. The molecule has 2 aromatic carbocycles. The van der Waals surface area contributed by atoms with Gasteiger partial charge in [-0.2, -0.15) is 0 Å². The lowest BCUT2D eigenvalue weighted by Gasteiger charge is -2.28. The smallest absolute Gasteiger partial charge is 0.174 e. The molecule has 3 heterocycles. The van der Waals surface area contributed by atoms with E-state index >= 15 is 0 Å². The van der Waals surface area contributed by atoms with Crippen LogP contribution in [-0.2, 0) is 0 Å². The molecule has 0 amide bonds. The Kier molecular flexibility index (Phi) is 5.51. The number of aromatic nitrogens is 2. The fraction of sp³-hybridized carbons (Fsp3) is 0.214. The summed E-state index contributed by atoms with van der Waals surface area (Å²) in [5.41, 5.74) is 9.44. The molecule has 1 N–H and O–H groups in total. The third-order valence-electron chi connectivity index (χ3n) is 6.56. The van der Waals surface area contributed by atoms with E-state index in [1.807, 2.05) is 18.3 Å². The van der Waals surface area contributed by atoms with Crippen molar-refractivity contribution in [1.29, 1.82) is 0 Å². The van der Waals surface area contributed by atoms with E-state index in [9.17, 15) is 0 Å². The van der Waals surface area contributed by atoms with E-state index in [4.69, 9.17) is 12.2 Å². The summed E-state index contributed by atoms with van der Waals surface area (Å²) in [4.78, 5) is 6.94. The molecule has 0 aliphatic carbocycles. The molecule has 0 unspecified atom stereocenters. The average Bonchev–Trinajstić information content (AvgIpc) is 3.31. The minimum atomic E-state index is -0.0502. The molecule has 0 radical (unpaired) electrons. The summed E-state index contributed by atoms with van der Waals surface area (Å²) >= 11 is 5.89. The summed E-state index contributed by atoms with van der Waals surface area (Å²) < 4.78 is 2.36. The lowest BCUT2D eigenvalue weighted by molar-refractivity contribution is 0.565. The molecule has 0 saturated carbocycles. The number of thiocarbonyl (C=S) groups is 1. The van der Waals surface area contributed by atoms with Gasteiger partial charge in [-0.05, 0) is 87.4 Å². The molecule has 166 valence electrons. The van der Waals surface area contributed by atoms with E-state index in [2.05, 4.69) is 108 Å². The second-order valence-electron chi connectivity index (χ2n) is 8.78. The zero-order valence-electron chi connectivity index (χ0n) is 19.4. The Morgan fingerprint density at radius 3 is 2.30 bits per heavy atom. The second-order valence-corrected chi connectivity index (χ2v) is 9.17. The minimum Gasteiger partial charge on any atom is -0.351 e. The first-order chi connectivity index (χ1) is 16.0. The van der Waals surface area contributed by atoms with E-state index in [0.29, 0.717) is 0 Å². The molecule has 4 aromatic rings. The molecular formula is C28H28N4S. The number of nitrogens with zero attached hydrogens (tertiary/aromatic N) is 3. The van der Waals surface area contributed by atoms with Crippen LogP contribution in [-0.4, -0.2) is 14.7 Å². The number of benzene rings is 2. The van der Waals surface area contributed by atoms with Crippen molar-refractivity contribution in [3.63, 3.8) is 0 Å². The highest BCUT2D eigenvalue weighted by atomic mass is 32.1. The average molecular weight is 453 g/mol. The first-order valence-corrected chi connectivity index (χ1v) is 11.7. The van der Waals surface area contributed by atoms with Crippen molar-refractivity contribution in [2.24, 2.45) is 0 Å². The van der Waals surface area contributed by atoms with Crippen molar-refractivity contribution in [3.05, 3.63) is 113 Å².